The predicted octanol–water partition coefficient (Wildman–Crippen LogP) is 5.87. The Kier molecular flexibility index (Phi) is 8.89. The van der Waals surface area contributed by atoms with Gasteiger partial charge in [0.25, 0.3) is 0 Å². The van der Waals surface area contributed by atoms with Crippen molar-refractivity contribution in [3.8, 4) is 5.75 Å². The molecule has 0 bridgehead atoms. The quantitative estimate of drug-likeness (QED) is 0.135. The number of benzene rings is 2. The van der Waals surface area contributed by atoms with Gasteiger partial charge in [0.1, 0.15) is 18.1 Å². The standard InChI is InChI=1S/C26H29N3O3S/c1-3-4-8-20-15-18(2)16-24(25(20)30)29-28-23-12-11-21(17-22(23)27)33-14-13-32-26(31)19-9-6-5-7-10-19/h5-7,9-12,15-17,27,29-30H,3-4,8,13-14H2,1-2H3/b27-22?,28-23-. The minimum atomic E-state index is -0.338. The first-order chi connectivity index (χ1) is 16.0. The highest BCUT2D eigenvalue weighted by atomic mass is 32.2. The van der Waals surface area contributed by atoms with Crippen LogP contribution in [0.4, 0.5) is 5.69 Å². The van der Waals surface area contributed by atoms with Crippen molar-refractivity contribution in [2.24, 2.45) is 5.10 Å². The number of hydrazone groups is 1. The SMILES string of the molecule is CCCCc1cc(C)cc(N/N=C2/C=CC(SCCOC(=O)c3ccccc3)=CC2=N)c1O. The number of nitrogens with one attached hydrogen (secondary N) is 2. The highest BCUT2D eigenvalue weighted by Gasteiger charge is 2.12. The summed E-state index contributed by atoms with van der Waals surface area (Å²) in [6, 6.07) is 12.7. The monoisotopic (exact) mass is 463 g/mol. The predicted molar refractivity (Wildman–Crippen MR) is 137 cm³/mol. The second-order valence-electron chi connectivity index (χ2n) is 7.68. The van der Waals surface area contributed by atoms with Crippen molar-refractivity contribution in [1.82, 2.24) is 0 Å². The van der Waals surface area contributed by atoms with E-state index < -0.39 is 0 Å². The summed E-state index contributed by atoms with van der Waals surface area (Å²) in [4.78, 5) is 12.9. The summed E-state index contributed by atoms with van der Waals surface area (Å²) in [5.74, 6) is 0.459. The molecule has 0 aromatic heterocycles. The van der Waals surface area contributed by atoms with Crippen LogP contribution in [-0.4, -0.2) is 34.9 Å². The minimum absolute atomic E-state index is 0.210. The number of thioether (sulfide) groups is 1. The fourth-order valence-electron chi connectivity index (χ4n) is 3.27. The van der Waals surface area contributed by atoms with Crippen molar-refractivity contribution in [3.05, 3.63) is 82.3 Å². The number of esters is 1. The zero-order valence-corrected chi connectivity index (χ0v) is 19.7. The maximum absolute atomic E-state index is 12.0. The molecule has 0 atom stereocenters. The highest BCUT2D eigenvalue weighted by Crippen LogP contribution is 2.31. The largest absolute Gasteiger partial charge is 0.505 e. The van der Waals surface area contributed by atoms with Gasteiger partial charge in [-0.3, -0.25) is 10.8 Å². The number of allylic oxidation sites excluding steroid dienone is 3. The molecule has 0 aliphatic heterocycles. The summed E-state index contributed by atoms with van der Waals surface area (Å²) in [6.07, 6.45) is 8.25. The second-order valence-corrected chi connectivity index (χ2v) is 8.85. The molecule has 0 amide bonds. The molecule has 0 spiro atoms. The van der Waals surface area contributed by atoms with Gasteiger partial charge >= 0.3 is 5.97 Å². The summed E-state index contributed by atoms with van der Waals surface area (Å²) >= 11 is 1.51. The number of phenols is 1. The Labute approximate surface area is 199 Å². The van der Waals surface area contributed by atoms with Crippen LogP contribution in [-0.2, 0) is 11.2 Å². The lowest BCUT2D eigenvalue weighted by atomic mass is 10.0. The van der Waals surface area contributed by atoms with E-state index in [1.807, 2.05) is 31.2 Å². The summed E-state index contributed by atoms with van der Waals surface area (Å²) < 4.78 is 5.29. The summed E-state index contributed by atoms with van der Waals surface area (Å²) in [7, 11) is 0. The third-order valence-corrected chi connectivity index (χ3v) is 5.95. The van der Waals surface area contributed by atoms with Crippen LogP contribution >= 0.6 is 11.8 Å². The minimum Gasteiger partial charge on any atom is -0.505 e. The van der Waals surface area contributed by atoms with Gasteiger partial charge in [-0.25, -0.2) is 4.79 Å². The smallest absolute Gasteiger partial charge is 0.338 e. The molecule has 1 aliphatic carbocycles. The number of carbonyl (C=O) groups is 1. The van der Waals surface area contributed by atoms with Gasteiger partial charge in [-0.15, -0.1) is 11.8 Å². The van der Waals surface area contributed by atoms with Crippen molar-refractivity contribution < 1.29 is 14.6 Å². The summed E-state index contributed by atoms with van der Waals surface area (Å²) in [5, 5.41) is 23.1. The van der Waals surface area contributed by atoms with E-state index in [9.17, 15) is 9.90 Å². The summed E-state index contributed by atoms with van der Waals surface area (Å²) in [5.41, 5.74) is 6.69. The van der Waals surface area contributed by atoms with E-state index in [0.29, 0.717) is 22.7 Å². The molecule has 0 saturated carbocycles. The second kappa shape index (κ2) is 12.1. The van der Waals surface area contributed by atoms with Gasteiger partial charge in [-0.2, -0.15) is 5.10 Å². The van der Waals surface area contributed by atoms with Crippen LogP contribution in [0.1, 0.15) is 41.3 Å². The maximum Gasteiger partial charge on any atom is 0.338 e. The van der Waals surface area contributed by atoms with Gasteiger partial charge in [0.05, 0.1) is 17.0 Å². The van der Waals surface area contributed by atoms with Crippen LogP contribution in [0.3, 0.4) is 0 Å². The molecule has 0 heterocycles. The maximum atomic E-state index is 12.0. The molecule has 0 radical (unpaired) electrons. The van der Waals surface area contributed by atoms with Crippen LogP contribution in [0.5, 0.6) is 5.75 Å². The van der Waals surface area contributed by atoms with E-state index in [4.69, 9.17) is 10.1 Å². The number of phenolic OH excluding ortho intramolecular Hbond substituents is 1. The molecule has 172 valence electrons. The average molecular weight is 464 g/mol. The fraction of sp³-hybridized carbons (Fsp3) is 0.269. The number of anilines is 1. The van der Waals surface area contributed by atoms with Gasteiger partial charge in [0.2, 0.25) is 0 Å². The van der Waals surface area contributed by atoms with Crippen molar-refractivity contribution in [1.29, 1.82) is 5.41 Å². The molecule has 3 rings (SSSR count). The Morgan fingerprint density at radius 3 is 2.73 bits per heavy atom. The molecule has 33 heavy (non-hydrogen) atoms. The number of rotatable bonds is 10. The lowest BCUT2D eigenvalue weighted by molar-refractivity contribution is 0.0530. The number of unbranched alkanes of at least 4 members (excludes halogenated alkanes) is 1. The zero-order chi connectivity index (χ0) is 23.6. The van der Waals surface area contributed by atoms with Crippen molar-refractivity contribution in [2.45, 2.75) is 33.1 Å². The molecule has 0 unspecified atom stereocenters. The zero-order valence-electron chi connectivity index (χ0n) is 18.9. The molecule has 2 aromatic carbocycles. The van der Waals surface area contributed by atoms with Crippen LogP contribution in [0.25, 0.3) is 0 Å². The Morgan fingerprint density at radius 2 is 2.00 bits per heavy atom. The third kappa shape index (κ3) is 7.08. The number of carbonyl (C=O) groups excluding carboxylic acids is 1. The van der Waals surface area contributed by atoms with Crippen molar-refractivity contribution in [3.63, 3.8) is 0 Å². The Hall–Kier alpha value is -3.32. The van der Waals surface area contributed by atoms with E-state index in [0.717, 1.165) is 35.3 Å². The first-order valence-corrected chi connectivity index (χ1v) is 12.0. The molecule has 2 aromatic rings. The number of hydrogen-bond acceptors (Lipinski definition) is 7. The first-order valence-electron chi connectivity index (χ1n) is 11.0. The number of hydrogen-bond donors (Lipinski definition) is 3. The van der Waals surface area contributed by atoms with E-state index in [1.165, 1.54) is 11.8 Å². The van der Waals surface area contributed by atoms with Crippen LogP contribution in [0.15, 0.2) is 70.7 Å². The van der Waals surface area contributed by atoms with Crippen molar-refractivity contribution in [2.75, 3.05) is 17.8 Å². The number of nitrogens with zero attached hydrogens (tertiary/aromatic N) is 1. The average Bonchev–Trinajstić information content (AvgIpc) is 2.82. The van der Waals surface area contributed by atoms with E-state index >= 15 is 0 Å². The van der Waals surface area contributed by atoms with Gasteiger partial charge < -0.3 is 9.84 Å². The number of ether oxygens (including phenoxy) is 1. The molecule has 0 fully saturated rings. The lowest BCUT2D eigenvalue weighted by Gasteiger charge is -2.13. The first kappa shape index (κ1) is 24.3. The van der Waals surface area contributed by atoms with Gasteiger partial charge in [-0.05, 0) is 67.3 Å². The molecule has 0 saturated heterocycles. The van der Waals surface area contributed by atoms with Crippen LogP contribution < -0.4 is 5.43 Å². The molecule has 6 nitrogen and oxygen atoms in total. The Bertz CT molecular complexity index is 1090. The van der Waals surface area contributed by atoms with Gasteiger partial charge in [-0.1, -0.05) is 37.6 Å². The van der Waals surface area contributed by atoms with Gasteiger partial charge in [0.15, 0.2) is 0 Å². The normalized spacial score (nSPS) is 14.3. The number of aromatic hydroxyl groups is 1. The molecular weight excluding hydrogens is 434 g/mol. The third-order valence-electron chi connectivity index (χ3n) is 4.99. The Balaban J connectivity index is 1.52. The van der Waals surface area contributed by atoms with Crippen LogP contribution in [0.2, 0.25) is 0 Å². The van der Waals surface area contributed by atoms with E-state index in [-0.39, 0.29) is 24.0 Å². The molecule has 1 aliphatic rings. The van der Waals surface area contributed by atoms with Crippen molar-refractivity contribution >= 4 is 34.8 Å². The molecule has 3 N–H and O–H groups in total. The van der Waals surface area contributed by atoms with Gasteiger partial charge in [0, 0.05) is 10.7 Å². The topological polar surface area (TPSA) is 94.8 Å². The van der Waals surface area contributed by atoms with Crippen LogP contribution in [0, 0.1) is 12.3 Å². The van der Waals surface area contributed by atoms with E-state index in [1.54, 1.807) is 36.4 Å². The van der Waals surface area contributed by atoms with E-state index in [2.05, 4.69) is 17.5 Å². The summed E-state index contributed by atoms with van der Waals surface area (Å²) in [6.45, 7) is 4.39. The fourth-order valence-corrected chi connectivity index (χ4v) is 4.04. The molecule has 7 heteroatoms. The Morgan fingerprint density at radius 1 is 1.21 bits per heavy atom. The molecular formula is C26H29N3O3S. The highest BCUT2D eigenvalue weighted by molar-refractivity contribution is 8.03. The number of aryl methyl sites for hydroxylation is 2. The lowest BCUT2D eigenvalue weighted by Crippen LogP contribution is -2.14.